The minimum absolute atomic E-state index is 0.233. The van der Waals surface area contributed by atoms with Crippen molar-refractivity contribution in [1.82, 2.24) is 4.90 Å². The molecule has 2 N–H and O–H groups in total. The maximum Gasteiger partial charge on any atom is 0.321 e. The van der Waals surface area contributed by atoms with Gasteiger partial charge in [-0.15, -0.1) is 0 Å². The number of carbonyl (C=O) groups excluding carboxylic acids is 1. The van der Waals surface area contributed by atoms with Gasteiger partial charge >= 0.3 is 6.03 Å². The summed E-state index contributed by atoms with van der Waals surface area (Å²) >= 11 is 0. The second-order valence-electron chi connectivity index (χ2n) is 6.03. The molecule has 2 rings (SSSR count). The second kappa shape index (κ2) is 9.20. The fourth-order valence-electron chi connectivity index (χ4n) is 2.57. The van der Waals surface area contributed by atoms with Gasteiger partial charge in [-0.2, -0.15) is 0 Å². The summed E-state index contributed by atoms with van der Waals surface area (Å²) in [6.07, 6.45) is -0.717. The molecule has 25 heavy (non-hydrogen) atoms. The van der Waals surface area contributed by atoms with Crippen LogP contribution in [-0.4, -0.2) is 36.2 Å². The zero-order chi connectivity index (χ0) is 18.2. The summed E-state index contributed by atoms with van der Waals surface area (Å²) in [5, 5.41) is 13.3. The Morgan fingerprint density at radius 1 is 1.24 bits per heavy atom. The molecule has 0 spiro atoms. The van der Waals surface area contributed by atoms with E-state index in [1.54, 1.807) is 12.0 Å². The van der Waals surface area contributed by atoms with Crippen molar-refractivity contribution in [2.24, 2.45) is 0 Å². The zero-order valence-electron chi connectivity index (χ0n) is 15.0. The first-order valence-electron chi connectivity index (χ1n) is 8.42. The lowest BCUT2D eigenvalue weighted by Gasteiger charge is -2.24. The van der Waals surface area contributed by atoms with Gasteiger partial charge in [0.2, 0.25) is 0 Å². The fraction of sp³-hybridized carbons (Fsp3) is 0.350. The van der Waals surface area contributed by atoms with E-state index in [1.807, 2.05) is 62.4 Å². The van der Waals surface area contributed by atoms with Crippen LogP contribution in [0.5, 0.6) is 0 Å². The second-order valence-corrected chi connectivity index (χ2v) is 6.03. The van der Waals surface area contributed by atoms with E-state index in [1.165, 1.54) is 0 Å². The first-order valence-corrected chi connectivity index (χ1v) is 8.42. The van der Waals surface area contributed by atoms with E-state index >= 15 is 0 Å². The third-order valence-corrected chi connectivity index (χ3v) is 4.01. The van der Waals surface area contributed by atoms with E-state index < -0.39 is 6.10 Å². The molecule has 1 unspecified atom stereocenters. The molecule has 0 radical (unpaired) electrons. The number of benzene rings is 2. The number of anilines is 1. The normalized spacial score (nSPS) is 11.8. The molecule has 0 aliphatic rings. The number of carbonyl (C=O) groups is 1. The number of ether oxygens (including phenoxy) is 1. The van der Waals surface area contributed by atoms with Gasteiger partial charge in [0.15, 0.2) is 0 Å². The van der Waals surface area contributed by atoms with Crippen molar-refractivity contribution in [3.63, 3.8) is 0 Å². The lowest BCUT2D eigenvalue weighted by Crippen LogP contribution is -2.37. The molecule has 0 aromatic heterocycles. The molecule has 1 atom stereocenters. The molecule has 0 aliphatic carbocycles. The number of aliphatic hydroxyl groups excluding tert-OH is 1. The SMILES string of the molecule is CCN(CC(O)c1ccc(C)cc1)C(=O)Nc1cccc(COC)c1. The number of aliphatic hydroxyl groups is 1. The predicted octanol–water partition coefficient (Wildman–Crippen LogP) is 3.73. The number of urea groups is 1. The fourth-order valence-corrected chi connectivity index (χ4v) is 2.57. The summed E-state index contributed by atoms with van der Waals surface area (Å²) in [5.74, 6) is 0. The van der Waals surface area contributed by atoms with Gasteiger partial charge in [-0.25, -0.2) is 4.79 Å². The third kappa shape index (κ3) is 5.59. The molecule has 2 aromatic rings. The molecule has 2 aromatic carbocycles. The predicted molar refractivity (Wildman–Crippen MR) is 99.6 cm³/mol. The Morgan fingerprint density at radius 3 is 2.60 bits per heavy atom. The maximum absolute atomic E-state index is 12.5. The summed E-state index contributed by atoms with van der Waals surface area (Å²) in [6.45, 7) is 5.13. The van der Waals surface area contributed by atoms with Crippen LogP contribution >= 0.6 is 0 Å². The van der Waals surface area contributed by atoms with Gasteiger partial charge < -0.3 is 20.1 Å². The first-order chi connectivity index (χ1) is 12.0. The number of amides is 2. The zero-order valence-corrected chi connectivity index (χ0v) is 15.0. The molecule has 0 heterocycles. The van der Waals surface area contributed by atoms with Crippen LogP contribution < -0.4 is 5.32 Å². The Bertz CT molecular complexity index is 686. The highest BCUT2D eigenvalue weighted by molar-refractivity contribution is 5.89. The van der Waals surface area contributed by atoms with Gasteiger partial charge in [-0.3, -0.25) is 0 Å². The van der Waals surface area contributed by atoms with Gasteiger partial charge in [0.05, 0.1) is 19.3 Å². The summed E-state index contributed by atoms with van der Waals surface area (Å²) in [4.78, 5) is 14.1. The van der Waals surface area contributed by atoms with Crippen molar-refractivity contribution in [3.8, 4) is 0 Å². The van der Waals surface area contributed by atoms with E-state index in [4.69, 9.17) is 4.74 Å². The molecular formula is C20H26N2O3. The molecular weight excluding hydrogens is 316 g/mol. The molecule has 0 fully saturated rings. The molecule has 5 heteroatoms. The number of nitrogens with zero attached hydrogens (tertiary/aromatic N) is 1. The number of nitrogens with one attached hydrogen (secondary N) is 1. The van der Waals surface area contributed by atoms with Crippen molar-refractivity contribution in [3.05, 3.63) is 65.2 Å². The number of hydrogen-bond acceptors (Lipinski definition) is 3. The third-order valence-electron chi connectivity index (χ3n) is 4.01. The molecule has 2 amide bonds. The van der Waals surface area contributed by atoms with Gasteiger partial charge in [0.25, 0.3) is 0 Å². The number of hydrogen-bond donors (Lipinski definition) is 2. The van der Waals surface area contributed by atoms with Crippen LogP contribution in [0.15, 0.2) is 48.5 Å². The van der Waals surface area contributed by atoms with Crippen LogP contribution in [0.2, 0.25) is 0 Å². The Kier molecular flexibility index (Phi) is 6.98. The highest BCUT2D eigenvalue weighted by Gasteiger charge is 2.17. The quantitative estimate of drug-likeness (QED) is 0.806. The van der Waals surface area contributed by atoms with E-state index in [2.05, 4.69) is 5.32 Å². The Hall–Kier alpha value is -2.37. The largest absolute Gasteiger partial charge is 0.387 e. The van der Waals surface area contributed by atoms with Crippen LogP contribution in [0.25, 0.3) is 0 Å². The van der Waals surface area contributed by atoms with Crippen molar-refractivity contribution in [2.75, 3.05) is 25.5 Å². The van der Waals surface area contributed by atoms with Gasteiger partial charge in [0, 0.05) is 19.3 Å². The highest BCUT2D eigenvalue weighted by Crippen LogP contribution is 2.17. The van der Waals surface area contributed by atoms with Crippen LogP contribution in [0.1, 0.15) is 29.7 Å². The van der Waals surface area contributed by atoms with Crippen LogP contribution in [0, 0.1) is 6.92 Å². The summed E-state index contributed by atoms with van der Waals surface area (Å²) in [7, 11) is 1.64. The molecule has 0 aliphatic heterocycles. The van der Waals surface area contributed by atoms with E-state index in [-0.39, 0.29) is 12.6 Å². The van der Waals surface area contributed by atoms with Gasteiger partial charge in [-0.05, 0) is 37.1 Å². The molecule has 0 saturated carbocycles. The summed E-state index contributed by atoms with van der Waals surface area (Å²) in [6, 6.07) is 15.0. The van der Waals surface area contributed by atoms with Crippen molar-refractivity contribution in [1.29, 1.82) is 0 Å². The number of aryl methyl sites for hydroxylation is 1. The Balaban J connectivity index is 2.00. The van der Waals surface area contributed by atoms with Gasteiger partial charge in [-0.1, -0.05) is 42.0 Å². The average Bonchev–Trinajstić information content (AvgIpc) is 2.60. The standard InChI is InChI=1S/C20H26N2O3/c1-4-22(13-19(23)17-10-8-15(2)9-11-17)20(24)21-18-7-5-6-16(12-18)14-25-3/h5-12,19,23H,4,13-14H2,1-3H3,(H,21,24). The summed E-state index contributed by atoms with van der Waals surface area (Å²) < 4.78 is 5.11. The minimum atomic E-state index is -0.717. The molecule has 134 valence electrons. The smallest absolute Gasteiger partial charge is 0.321 e. The summed E-state index contributed by atoms with van der Waals surface area (Å²) in [5.41, 5.74) is 3.64. The topological polar surface area (TPSA) is 61.8 Å². The highest BCUT2D eigenvalue weighted by atomic mass is 16.5. The lowest BCUT2D eigenvalue weighted by molar-refractivity contribution is 0.128. The average molecular weight is 342 g/mol. The minimum Gasteiger partial charge on any atom is -0.387 e. The van der Waals surface area contributed by atoms with Crippen LogP contribution in [0.4, 0.5) is 10.5 Å². The van der Waals surface area contributed by atoms with Gasteiger partial charge in [0.1, 0.15) is 0 Å². The monoisotopic (exact) mass is 342 g/mol. The Labute approximate surface area is 149 Å². The maximum atomic E-state index is 12.5. The van der Waals surface area contributed by atoms with Crippen molar-refractivity contribution < 1.29 is 14.6 Å². The Morgan fingerprint density at radius 2 is 1.96 bits per heavy atom. The van der Waals surface area contributed by atoms with E-state index in [0.29, 0.717) is 18.8 Å². The molecule has 0 bridgehead atoms. The number of methoxy groups -OCH3 is 1. The lowest BCUT2D eigenvalue weighted by atomic mass is 10.1. The van der Waals surface area contributed by atoms with Crippen molar-refractivity contribution >= 4 is 11.7 Å². The molecule has 0 saturated heterocycles. The molecule has 5 nitrogen and oxygen atoms in total. The number of likely N-dealkylation sites (N-methyl/N-ethyl adjacent to an activating group) is 1. The van der Waals surface area contributed by atoms with Crippen molar-refractivity contribution in [2.45, 2.75) is 26.6 Å². The van der Waals surface area contributed by atoms with E-state index in [0.717, 1.165) is 16.7 Å². The van der Waals surface area contributed by atoms with Crippen LogP contribution in [-0.2, 0) is 11.3 Å². The first kappa shape index (κ1) is 19.0. The number of rotatable bonds is 7. The van der Waals surface area contributed by atoms with E-state index in [9.17, 15) is 9.90 Å². The van der Waals surface area contributed by atoms with Crippen LogP contribution in [0.3, 0.4) is 0 Å².